The third-order valence-corrected chi connectivity index (χ3v) is 5.07. The Hall–Kier alpha value is -1.66. The van der Waals surface area contributed by atoms with Crippen LogP contribution in [0.3, 0.4) is 0 Å². The van der Waals surface area contributed by atoms with Gasteiger partial charge in [0.25, 0.3) is 0 Å². The zero-order valence-corrected chi connectivity index (χ0v) is 13.3. The van der Waals surface area contributed by atoms with Gasteiger partial charge in [-0.25, -0.2) is 4.98 Å². The minimum atomic E-state index is 0.175. The highest BCUT2D eigenvalue weighted by atomic mass is 32.2. The molecule has 0 spiro atoms. The maximum Gasteiger partial charge on any atom is 0.227 e. The zero-order chi connectivity index (χ0) is 14.7. The van der Waals surface area contributed by atoms with Gasteiger partial charge in [0.05, 0.1) is 10.7 Å². The molecule has 1 amide bonds. The highest BCUT2D eigenvalue weighted by molar-refractivity contribution is 8.03. The van der Waals surface area contributed by atoms with Gasteiger partial charge in [0.2, 0.25) is 5.91 Å². The lowest BCUT2D eigenvalue weighted by atomic mass is 10.3. The average Bonchev–Trinajstić information content (AvgIpc) is 3.17. The van der Waals surface area contributed by atoms with E-state index in [4.69, 9.17) is 0 Å². The molecule has 0 atom stereocenters. The SMILES string of the molecule is CCC(=O)N1CCS/C1=C/c1csc(-c2cccnc2)n1. The number of thiazole rings is 1. The van der Waals surface area contributed by atoms with Crippen molar-refractivity contribution in [1.82, 2.24) is 14.9 Å². The maximum absolute atomic E-state index is 11.9. The van der Waals surface area contributed by atoms with E-state index in [0.717, 1.165) is 33.6 Å². The fourth-order valence-corrected chi connectivity index (χ4v) is 3.89. The Morgan fingerprint density at radius 1 is 1.52 bits per heavy atom. The van der Waals surface area contributed by atoms with Gasteiger partial charge in [0, 0.05) is 42.1 Å². The second kappa shape index (κ2) is 6.41. The first kappa shape index (κ1) is 14.3. The van der Waals surface area contributed by atoms with Crippen molar-refractivity contribution in [2.45, 2.75) is 13.3 Å². The van der Waals surface area contributed by atoms with Crippen molar-refractivity contribution >= 4 is 35.1 Å². The Morgan fingerprint density at radius 3 is 3.19 bits per heavy atom. The number of thioether (sulfide) groups is 1. The molecule has 0 N–H and O–H groups in total. The van der Waals surface area contributed by atoms with Gasteiger partial charge in [0.1, 0.15) is 5.01 Å². The van der Waals surface area contributed by atoms with Gasteiger partial charge < -0.3 is 4.90 Å². The highest BCUT2D eigenvalue weighted by Gasteiger charge is 2.22. The topological polar surface area (TPSA) is 46.1 Å². The Labute approximate surface area is 131 Å². The number of pyridine rings is 1. The summed E-state index contributed by atoms with van der Waals surface area (Å²) in [5.41, 5.74) is 1.92. The summed E-state index contributed by atoms with van der Waals surface area (Å²) in [5.74, 6) is 1.13. The van der Waals surface area contributed by atoms with E-state index in [1.165, 1.54) is 0 Å². The third-order valence-electron chi connectivity index (χ3n) is 3.14. The first-order chi connectivity index (χ1) is 10.3. The molecule has 0 saturated carbocycles. The van der Waals surface area contributed by atoms with Crippen LogP contribution in [0.4, 0.5) is 0 Å². The second-order valence-electron chi connectivity index (χ2n) is 4.55. The minimum Gasteiger partial charge on any atom is -0.306 e. The number of amides is 1. The Morgan fingerprint density at radius 2 is 2.43 bits per heavy atom. The van der Waals surface area contributed by atoms with E-state index in [2.05, 4.69) is 9.97 Å². The Bertz CT molecular complexity index is 667. The van der Waals surface area contributed by atoms with Gasteiger partial charge in [-0.2, -0.15) is 0 Å². The summed E-state index contributed by atoms with van der Waals surface area (Å²) in [4.78, 5) is 22.5. The van der Waals surface area contributed by atoms with Crippen LogP contribution >= 0.6 is 23.1 Å². The number of carbonyl (C=O) groups is 1. The molecular formula is C15H15N3OS2. The van der Waals surface area contributed by atoms with Crippen molar-refractivity contribution in [3.63, 3.8) is 0 Å². The molecule has 108 valence electrons. The van der Waals surface area contributed by atoms with Crippen LogP contribution in [0.1, 0.15) is 19.0 Å². The summed E-state index contributed by atoms with van der Waals surface area (Å²) in [6, 6.07) is 3.91. The smallest absolute Gasteiger partial charge is 0.227 e. The van der Waals surface area contributed by atoms with E-state index >= 15 is 0 Å². The van der Waals surface area contributed by atoms with Crippen LogP contribution in [0.5, 0.6) is 0 Å². The minimum absolute atomic E-state index is 0.175. The van der Waals surface area contributed by atoms with Crippen LogP contribution in [0.15, 0.2) is 34.9 Å². The largest absolute Gasteiger partial charge is 0.306 e. The number of rotatable bonds is 3. The van der Waals surface area contributed by atoms with Crippen LogP contribution in [-0.4, -0.2) is 33.1 Å². The molecule has 21 heavy (non-hydrogen) atoms. The van der Waals surface area contributed by atoms with Crippen molar-refractivity contribution in [3.05, 3.63) is 40.6 Å². The van der Waals surface area contributed by atoms with Crippen LogP contribution in [0, 0.1) is 0 Å². The summed E-state index contributed by atoms with van der Waals surface area (Å²) in [5, 5.41) is 3.97. The van der Waals surface area contributed by atoms with Crippen molar-refractivity contribution in [2.75, 3.05) is 12.3 Å². The Balaban J connectivity index is 1.84. The molecule has 3 rings (SSSR count). The van der Waals surface area contributed by atoms with Crippen molar-refractivity contribution in [1.29, 1.82) is 0 Å². The molecule has 1 fully saturated rings. The van der Waals surface area contributed by atoms with Gasteiger partial charge in [-0.05, 0) is 18.2 Å². The molecule has 1 aliphatic rings. The number of hydrogen-bond donors (Lipinski definition) is 0. The number of aromatic nitrogens is 2. The van der Waals surface area contributed by atoms with Crippen LogP contribution in [0.25, 0.3) is 16.6 Å². The molecule has 0 aliphatic carbocycles. The highest BCUT2D eigenvalue weighted by Crippen LogP contribution is 2.31. The first-order valence-corrected chi connectivity index (χ1v) is 8.65. The van der Waals surface area contributed by atoms with Gasteiger partial charge in [-0.1, -0.05) is 6.92 Å². The fraction of sp³-hybridized carbons (Fsp3) is 0.267. The predicted octanol–water partition coefficient (Wildman–Crippen LogP) is 3.49. The van der Waals surface area contributed by atoms with Crippen molar-refractivity contribution in [2.24, 2.45) is 0 Å². The van der Waals surface area contributed by atoms with Crippen LogP contribution < -0.4 is 0 Å². The Kier molecular flexibility index (Phi) is 4.36. The van der Waals surface area contributed by atoms with E-state index in [-0.39, 0.29) is 5.91 Å². The lowest BCUT2D eigenvalue weighted by Gasteiger charge is -2.15. The van der Waals surface area contributed by atoms with Gasteiger partial charge in [-0.15, -0.1) is 23.1 Å². The van der Waals surface area contributed by atoms with E-state index in [1.54, 1.807) is 29.3 Å². The summed E-state index contributed by atoms with van der Waals surface area (Å²) in [6.45, 7) is 2.69. The van der Waals surface area contributed by atoms with Crippen LogP contribution in [-0.2, 0) is 4.79 Å². The number of hydrogen-bond acceptors (Lipinski definition) is 5. The summed E-state index contributed by atoms with van der Waals surface area (Å²) >= 11 is 3.31. The van der Waals surface area contributed by atoms with E-state index in [1.807, 2.05) is 41.6 Å². The lowest BCUT2D eigenvalue weighted by molar-refractivity contribution is -0.128. The van der Waals surface area contributed by atoms with Gasteiger partial charge >= 0.3 is 0 Å². The van der Waals surface area contributed by atoms with Gasteiger partial charge in [-0.3, -0.25) is 9.78 Å². The maximum atomic E-state index is 11.9. The fourth-order valence-electron chi connectivity index (χ4n) is 2.09. The lowest BCUT2D eigenvalue weighted by Crippen LogP contribution is -2.25. The predicted molar refractivity (Wildman–Crippen MR) is 87.8 cm³/mol. The third kappa shape index (κ3) is 3.16. The molecule has 1 aliphatic heterocycles. The summed E-state index contributed by atoms with van der Waals surface area (Å²) in [6.07, 6.45) is 6.11. The zero-order valence-electron chi connectivity index (χ0n) is 11.7. The molecule has 2 aromatic heterocycles. The summed E-state index contributed by atoms with van der Waals surface area (Å²) < 4.78 is 0. The molecule has 0 aromatic carbocycles. The van der Waals surface area contributed by atoms with E-state index < -0.39 is 0 Å². The molecule has 0 unspecified atom stereocenters. The molecule has 0 bridgehead atoms. The molecular weight excluding hydrogens is 302 g/mol. The van der Waals surface area contributed by atoms with Crippen molar-refractivity contribution in [3.8, 4) is 10.6 Å². The summed E-state index contributed by atoms with van der Waals surface area (Å²) in [7, 11) is 0. The second-order valence-corrected chi connectivity index (χ2v) is 6.52. The number of nitrogens with zero attached hydrogens (tertiary/aromatic N) is 3. The average molecular weight is 317 g/mol. The quantitative estimate of drug-likeness (QED) is 0.869. The van der Waals surface area contributed by atoms with Crippen molar-refractivity contribution < 1.29 is 4.79 Å². The normalized spacial score (nSPS) is 16.6. The standard InChI is InChI=1S/C15H15N3OS2/c1-2-13(19)18-6-7-20-14(18)8-12-10-21-15(17-12)11-4-3-5-16-9-11/h3-5,8-10H,2,6-7H2,1H3/b14-8+. The number of carbonyl (C=O) groups excluding carboxylic acids is 1. The molecule has 4 nitrogen and oxygen atoms in total. The molecule has 3 heterocycles. The molecule has 6 heteroatoms. The van der Waals surface area contributed by atoms with E-state index in [9.17, 15) is 4.79 Å². The van der Waals surface area contributed by atoms with Gasteiger partial charge in [0.15, 0.2) is 0 Å². The van der Waals surface area contributed by atoms with Crippen LogP contribution in [0.2, 0.25) is 0 Å². The molecule has 0 radical (unpaired) electrons. The monoisotopic (exact) mass is 317 g/mol. The molecule has 1 saturated heterocycles. The van der Waals surface area contributed by atoms with E-state index in [0.29, 0.717) is 6.42 Å². The molecule has 2 aromatic rings. The first-order valence-electron chi connectivity index (χ1n) is 6.78.